The third kappa shape index (κ3) is 6.48. The molecule has 86 valence electrons. The first-order valence-corrected chi connectivity index (χ1v) is 4.76. The third-order valence-electron chi connectivity index (χ3n) is 1.69. The fraction of sp³-hybridized carbons (Fsp3) is 0.667. The zero-order valence-electron chi connectivity index (χ0n) is 8.87. The van der Waals surface area contributed by atoms with Gasteiger partial charge in [-0.2, -0.15) is 0 Å². The Kier molecular flexibility index (Phi) is 6.08. The van der Waals surface area contributed by atoms with Gasteiger partial charge in [0.15, 0.2) is 0 Å². The molecule has 1 atom stereocenters. The predicted molar refractivity (Wildman–Crippen MR) is 53.2 cm³/mol. The molecule has 0 aromatic carbocycles. The van der Waals surface area contributed by atoms with Crippen molar-refractivity contribution < 1.29 is 19.5 Å². The van der Waals surface area contributed by atoms with Crippen molar-refractivity contribution in [1.29, 1.82) is 0 Å². The molecule has 6 nitrogen and oxygen atoms in total. The Morgan fingerprint density at radius 3 is 2.33 bits per heavy atom. The van der Waals surface area contributed by atoms with Gasteiger partial charge in [-0.15, -0.1) is 0 Å². The van der Waals surface area contributed by atoms with Crippen molar-refractivity contribution in [1.82, 2.24) is 10.6 Å². The average Bonchev–Trinajstić information content (AvgIpc) is 2.15. The molecule has 0 aliphatic heterocycles. The minimum absolute atomic E-state index is 0.112. The van der Waals surface area contributed by atoms with Gasteiger partial charge in [0, 0.05) is 13.0 Å². The van der Waals surface area contributed by atoms with Crippen molar-refractivity contribution in [2.75, 3.05) is 6.54 Å². The van der Waals surface area contributed by atoms with Gasteiger partial charge in [-0.05, 0) is 13.8 Å². The monoisotopic (exact) mass is 216 g/mol. The Morgan fingerprint density at radius 2 is 1.87 bits per heavy atom. The van der Waals surface area contributed by atoms with Crippen molar-refractivity contribution in [3.8, 4) is 0 Å². The van der Waals surface area contributed by atoms with Crippen LogP contribution in [0, 0.1) is 0 Å². The summed E-state index contributed by atoms with van der Waals surface area (Å²) >= 11 is 0. The van der Waals surface area contributed by atoms with Gasteiger partial charge in [0.2, 0.25) is 11.8 Å². The van der Waals surface area contributed by atoms with Crippen LogP contribution in [-0.2, 0) is 14.4 Å². The molecule has 3 N–H and O–H groups in total. The van der Waals surface area contributed by atoms with Crippen LogP contribution in [0.3, 0.4) is 0 Å². The zero-order chi connectivity index (χ0) is 11.8. The van der Waals surface area contributed by atoms with E-state index >= 15 is 0 Å². The standard InChI is InChI=1S/C9H16N2O4/c1-3-10-9(15)6(2)11-7(12)4-5-8(13)14/h6H,3-5H2,1-2H3,(H,10,15)(H,11,12)(H,13,14). The van der Waals surface area contributed by atoms with Gasteiger partial charge in [0.1, 0.15) is 6.04 Å². The predicted octanol–water partition coefficient (Wildman–Crippen LogP) is -0.508. The molecule has 0 rings (SSSR count). The van der Waals surface area contributed by atoms with E-state index in [1.807, 2.05) is 0 Å². The second-order valence-corrected chi connectivity index (χ2v) is 3.08. The maximum atomic E-state index is 11.2. The average molecular weight is 216 g/mol. The normalized spacial score (nSPS) is 11.6. The van der Waals surface area contributed by atoms with Gasteiger partial charge in [-0.1, -0.05) is 0 Å². The lowest BCUT2D eigenvalue weighted by Gasteiger charge is -2.12. The molecule has 0 aliphatic rings. The fourth-order valence-electron chi connectivity index (χ4n) is 0.927. The molecular weight excluding hydrogens is 200 g/mol. The molecule has 0 fully saturated rings. The van der Waals surface area contributed by atoms with E-state index in [2.05, 4.69) is 10.6 Å². The van der Waals surface area contributed by atoms with Gasteiger partial charge >= 0.3 is 5.97 Å². The number of hydrogen-bond donors (Lipinski definition) is 3. The lowest BCUT2D eigenvalue weighted by molar-refractivity contribution is -0.139. The van der Waals surface area contributed by atoms with E-state index in [1.54, 1.807) is 13.8 Å². The van der Waals surface area contributed by atoms with Gasteiger partial charge in [0.05, 0.1) is 6.42 Å². The molecule has 0 aromatic heterocycles. The van der Waals surface area contributed by atoms with Crippen LogP contribution in [0.5, 0.6) is 0 Å². The van der Waals surface area contributed by atoms with Crippen LogP contribution in [0.15, 0.2) is 0 Å². The topological polar surface area (TPSA) is 95.5 Å². The van der Waals surface area contributed by atoms with Crippen LogP contribution in [0.25, 0.3) is 0 Å². The molecule has 0 spiro atoms. The van der Waals surface area contributed by atoms with Crippen molar-refractivity contribution in [3.63, 3.8) is 0 Å². The summed E-state index contributed by atoms with van der Waals surface area (Å²) in [6.45, 7) is 3.81. The first-order valence-electron chi connectivity index (χ1n) is 4.76. The van der Waals surface area contributed by atoms with E-state index in [-0.39, 0.29) is 18.7 Å². The van der Waals surface area contributed by atoms with E-state index in [9.17, 15) is 14.4 Å². The molecule has 15 heavy (non-hydrogen) atoms. The molecule has 6 heteroatoms. The van der Waals surface area contributed by atoms with Gasteiger partial charge in [-0.3, -0.25) is 14.4 Å². The quantitative estimate of drug-likeness (QED) is 0.557. The van der Waals surface area contributed by atoms with E-state index in [0.717, 1.165) is 0 Å². The van der Waals surface area contributed by atoms with Crippen LogP contribution in [0.2, 0.25) is 0 Å². The molecular formula is C9H16N2O4. The van der Waals surface area contributed by atoms with Crippen LogP contribution < -0.4 is 10.6 Å². The summed E-state index contributed by atoms with van der Waals surface area (Å²) < 4.78 is 0. The van der Waals surface area contributed by atoms with E-state index in [4.69, 9.17) is 5.11 Å². The fourth-order valence-corrected chi connectivity index (χ4v) is 0.927. The molecule has 2 amide bonds. The largest absolute Gasteiger partial charge is 0.481 e. The van der Waals surface area contributed by atoms with Crippen LogP contribution in [-0.4, -0.2) is 35.5 Å². The van der Waals surface area contributed by atoms with Crippen molar-refractivity contribution in [2.45, 2.75) is 32.7 Å². The minimum atomic E-state index is -1.03. The maximum absolute atomic E-state index is 11.2. The molecule has 0 saturated heterocycles. The summed E-state index contributed by atoms with van der Waals surface area (Å²) in [7, 11) is 0. The molecule has 0 aliphatic carbocycles. The summed E-state index contributed by atoms with van der Waals surface area (Å²) in [4.78, 5) is 32.5. The highest BCUT2D eigenvalue weighted by atomic mass is 16.4. The highest BCUT2D eigenvalue weighted by molar-refractivity contribution is 5.88. The SMILES string of the molecule is CCNC(=O)C(C)NC(=O)CCC(=O)O. The van der Waals surface area contributed by atoms with E-state index in [1.165, 1.54) is 0 Å². The first-order chi connectivity index (χ1) is 6.97. The summed E-state index contributed by atoms with van der Waals surface area (Å²) in [5, 5.41) is 13.3. The minimum Gasteiger partial charge on any atom is -0.481 e. The molecule has 0 radical (unpaired) electrons. The van der Waals surface area contributed by atoms with Crippen LogP contribution in [0.4, 0.5) is 0 Å². The molecule has 0 bridgehead atoms. The lowest BCUT2D eigenvalue weighted by atomic mass is 10.2. The third-order valence-corrected chi connectivity index (χ3v) is 1.69. The molecule has 0 saturated carbocycles. The number of carboxylic acids is 1. The van der Waals surface area contributed by atoms with Gasteiger partial charge in [-0.25, -0.2) is 0 Å². The Balaban J connectivity index is 3.85. The number of carbonyl (C=O) groups excluding carboxylic acids is 2. The maximum Gasteiger partial charge on any atom is 0.303 e. The Bertz CT molecular complexity index is 252. The number of carbonyl (C=O) groups is 3. The van der Waals surface area contributed by atoms with E-state index < -0.39 is 17.9 Å². The number of aliphatic carboxylic acids is 1. The van der Waals surface area contributed by atoms with Crippen molar-refractivity contribution in [3.05, 3.63) is 0 Å². The van der Waals surface area contributed by atoms with E-state index in [0.29, 0.717) is 6.54 Å². The van der Waals surface area contributed by atoms with Crippen molar-refractivity contribution in [2.24, 2.45) is 0 Å². The highest BCUT2D eigenvalue weighted by Crippen LogP contribution is 1.91. The zero-order valence-corrected chi connectivity index (χ0v) is 8.87. The molecule has 0 heterocycles. The molecule has 0 aromatic rings. The van der Waals surface area contributed by atoms with Gasteiger partial charge < -0.3 is 15.7 Å². The Labute approximate surface area is 88.0 Å². The van der Waals surface area contributed by atoms with Gasteiger partial charge in [0.25, 0.3) is 0 Å². The Hall–Kier alpha value is -1.59. The Morgan fingerprint density at radius 1 is 1.27 bits per heavy atom. The summed E-state index contributed by atoms with van der Waals surface area (Å²) in [6, 6.07) is -0.633. The number of hydrogen-bond acceptors (Lipinski definition) is 3. The summed E-state index contributed by atoms with van der Waals surface area (Å²) in [5.74, 6) is -1.74. The number of nitrogens with one attached hydrogen (secondary N) is 2. The summed E-state index contributed by atoms with van der Waals surface area (Å²) in [5.41, 5.74) is 0. The number of carboxylic acid groups (broad SMARTS) is 1. The van der Waals surface area contributed by atoms with Crippen LogP contribution >= 0.6 is 0 Å². The summed E-state index contributed by atoms with van der Waals surface area (Å²) in [6.07, 6.45) is -0.340. The first kappa shape index (κ1) is 13.4. The smallest absolute Gasteiger partial charge is 0.303 e. The highest BCUT2D eigenvalue weighted by Gasteiger charge is 2.14. The van der Waals surface area contributed by atoms with Crippen LogP contribution in [0.1, 0.15) is 26.7 Å². The second-order valence-electron chi connectivity index (χ2n) is 3.08. The molecule has 1 unspecified atom stereocenters. The lowest BCUT2D eigenvalue weighted by Crippen LogP contribution is -2.44. The number of amides is 2. The number of likely N-dealkylation sites (N-methyl/N-ethyl adjacent to an activating group) is 1. The second kappa shape index (κ2) is 6.80. The number of rotatable bonds is 6. The van der Waals surface area contributed by atoms with Crippen molar-refractivity contribution >= 4 is 17.8 Å².